The van der Waals surface area contributed by atoms with Crippen LogP contribution in [0.1, 0.15) is 20.8 Å². The van der Waals surface area contributed by atoms with E-state index in [9.17, 15) is 9.59 Å². The number of carboxylic acid groups (broad SMARTS) is 1. The first-order chi connectivity index (χ1) is 8.66. The molecule has 90 valence electrons. The quantitative estimate of drug-likeness (QED) is 0.850. The first-order valence-electron chi connectivity index (χ1n) is 5.08. The summed E-state index contributed by atoms with van der Waals surface area (Å²) >= 11 is 0. The van der Waals surface area contributed by atoms with Gasteiger partial charge in [0.2, 0.25) is 0 Å². The van der Waals surface area contributed by atoms with Gasteiger partial charge in [0, 0.05) is 18.0 Å². The van der Waals surface area contributed by atoms with E-state index in [1.165, 1.54) is 30.6 Å². The number of aromatic carboxylic acids is 1. The van der Waals surface area contributed by atoms with Crippen LogP contribution in [0.5, 0.6) is 0 Å². The lowest BCUT2D eigenvalue weighted by Gasteiger charge is -2.04. The van der Waals surface area contributed by atoms with Gasteiger partial charge in [0.25, 0.3) is 5.91 Å². The number of nitrogens with zero attached hydrogens (tertiary/aromatic N) is 2. The summed E-state index contributed by atoms with van der Waals surface area (Å²) in [6, 6.07) is 7.49. The summed E-state index contributed by atoms with van der Waals surface area (Å²) in [6.45, 7) is 0. The number of amides is 1. The third kappa shape index (κ3) is 2.67. The molecule has 0 radical (unpaired) electrons. The number of hydrogen-bond donors (Lipinski definition) is 2. The molecule has 18 heavy (non-hydrogen) atoms. The molecule has 0 aliphatic rings. The minimum atomic E-state index is -1.14. The zero-order valence-electron chi connectivity index (χ0n) is 9.20. The van der Waals surface area contributed by atoms with E-state index in [1.54, 1.807) is 12.1 Å². The van der Waals surface area contributed by atoms with Gasteiger partial charge in [-0.3, -0.25) is 9.78 Å². The number of carbonyl (C=O) groups excluding carboxylic acids is 1. The van der Waals surface area contributed by atoms with Crippen molar-refractivity contribution in [1.82, 2.24) is 9.97 Å². The van der Waals surface area contributed by atoms with Crippen molar-refractivity contribution in [3.8, 4) is 0 Å². The van der Waals surface area contributed by atoms with Crippen LogP contribution >= 0.6 is 0 Å². The number of hydrogen-bond acceptors (Lipinski definition) is 4. The van der Waals surface area contributed by atoms with E-state index in [4.69, 9.17) is 5.11 Å². The SMILES string of the molecule is O=C(Nc1cccc(C(=O)O)n1)c1ccncc1. The third-order valence-corrected chi connectivity index (χ3v) is 2.15. The minimum absolute atomic E-state index is 0.123. The number of carbonyl (C=O) groups is 2. The van der Waals surface area contributed by atoms with Gasteiger partial charge in [-0.15, -0.1) is 0 Å². The van der Waals surface area contributed by atoms with Crippen molar-refractivity contribution in [2.45, 2.75) is 0 Å². The molecule has 2 aromatic rings. The lowest BCUT2D eigenvalue weighted by Crippen LogP contribution is -2.14. The van der Waals surface area contributed by atoms with E-state index in [-0.39, 0.29) is 17.4 Å². The second-order valence-corrected chi connectivity index (χ2v) is 3.40. The van der Waals surface area contributed by atoms with Crippen molar-refractivity contribution in [3.63, 3.8) is 0 Å². The molecule has 0 aromatic carbocycles. The topological polar surface area (TPSA) is 92.2 Å². The number of rotatable bonds is 3. The second-order valence-electron chi connectivity index (χ2n) is 3.40. The van der Waals surface area contributed by atoms with Crippen LogP contribution < -0.4 is 5.32 Å². The summed E-state index contributed by atoms with van der Waals surface area (Å²) in [5.41, 5.74) is 0.301. The molecule has 1 amide bonds. The van der Waals surface area contributed by atoms with Gasteiger partial charge in [-0.2, -0.15) is 0 Å². The summed E-state index contributed by atoms with van der Waals surface area (Å²) in [7, 11) is 0. The fourth-order valence-electron chi connectivity index (χ4n) is 1.32. The summed E-state index contributed by atoms with van der Waals surface area (Å²) in [5, 5.41) is 11.3. The van der Waals surface area contributed by atoms with Crippen LogP contribution in [-0.4, -0.2) is 27.0 Å². The second kappa shape index (κ2) is 5.05. The van der Waals surface area contributed by atoms with Gasteiger partial charge in [0.1, 0.15) is 5.82 Å². The van der Waals surface area contributed by atoms with Gasteiger partial charge in [0.05, 0.1) is 0 Å². The predicted molar refractivity (Wildman–Crippen MR) is 63.4 cm³/mol. The van der Waals surface area contributed by atoms with E-state index in [1.807, 2.05) is 0 Å². The molecule has 0 spiro atoms. The Balaban J connectivity index is 2.17. The van der Waals surface area contributed by atoms with Crippen LogP contribution in [0.25, 0.3) is 0 Å². The van der Waals surface area contributed by atoms with E-state index in [0.29, 0.717) is 5.56 Å². The maximum Gasteiger partial charge on any atom is 0.354 e. The van der Waals surface area contributed by atoms with Crippen molar-refractivity contribution in [2.75, 3.05) is 5.32 Å². The normalized spacial score (nSPS) is 9.78. The highest BCUT2D eigenvalue weighted by atomic mass is 16.4. The fourth-order valence-corrected chi connectivity index (χ4v) is 1.32. The molecule has 0 bridgehead atoms. The molecule has 0 atom stereocenters. The van der Waals surface area contributed by atoms with E-state index in [2.05, 4.69) is 15.3 Å². The van der Waals surface area contributed by atoms with Crippen molar-refractivity contribution in [2.24, 2.45) is 0 Å². The predicted octanol–water partition coefficient (Wildman–Crippen LogP) is 1.43. The van der Waals surface area contributed by atoms with Crippen molar-refractivity contribution in [1.29, 1.82) is 0 Å². The molecule has 0 unspecified atom stereocenters. The Morgan fingerprint density at radius 2 is 1.83 bits per heavy atom. The van der Waals surface area contributed by atoms with Gasteiger partial charge >= 0.3 is 5.97 Å². The van der Waals surface area contributed by atoms with Crippen molar-refractivity contribution >= 4 is 17.7 Å². The van der Waals surface area contributed by atoms with Gasteiger partial charge in [-0.1, -0.05) is 6.07 Å². The summed E-state index contributed by atoms with van der Waals surface area (Å²) in [6.07, 6.45) is 2.99. The van der Waals surface area contributed by atoms with Crippen LogP contribution in [0.15, 0.2) is 42.7 Å². The molecule has 6 heteroatoms. The van der Waals surface area contributed by atoms with Crippen LogP contribution in [0.2, 0.25) is 0 Å². The summed E-state index contributed by atoms with van der Waals surface area (Å²) in [4.78, 5) is 30.1. The Bertz CT molecular complexity index is 584. The average Bonchev–Trinajstić information content (AvgIpc) is 2.40. The zero-order valence-corrected chi connectivity index (χ0v) is 9.20. The van der Waals surface area contributed by atoms with Gasteiger partial charge in [0.15, 0.2) is 5.69 Å². The molecule has 0 saturated heterocycles. The first kappa shape index (κ1) is 11.7. The van der Waals surface area contributed by atoms with Crippen molar-refractivity contribution < 1.29 is 14.7 Å². The van der Waals surface area contributed by atoms with Crippen LogP contribution in [0.4, 0.5) is 5.82 Å². The first-order valence-corrected chi connectivity index (χ1v) is 5.08. The smallest absolute Gasteiger partial charge is 0.354 e. The lowest BCUT2D eigenvalue weighted by atomic mass is 10.2. The highest BCUT2D eigenvalue weighted by Gasteiger charge is 2.09. The standard InChI is InChI=1S/C12H9N3O3/c16-11(8-4-6-13-7-5-8)15-10-3-1-2-9(14-10)12(17)18/h1-7H,(H,17,18)(H,14,15,16). The highest BCUT2D eigenvalue weighted by molar-refractivity contribution is 6.03. The molecule has 0 aliphatic carbocycles. The summed E-state index contributed by atoms with van der Waals surface area (Å²) in [5.74, 6) is -1.32. The van der Waals surface area contributed by atoms with Gasteiger partial charge in [-0.05, 0) is 24.3 Å². The molecule has 2 aromatic heterocycles. The molecule has 2 N–H and O–H groups in total. The third-order valence-electron chi connectivity index (χ3n) is 2.15. The van der Waals surface area contributed by atoms with E-state index < -0.39 is 5.97 Å². The Morgan fingerprint density at radius 3 is 2.50 bits per heavy atom. The largest absolute Gasteiger partial charge is 0.477 e. The Morgan fingerprint density at radius 1 is 1.11 bits per heavy atom. The molecule has 0 saturated carbocycles. The van der Waals surface area contributed by atoms with Crippen molar-refractivity contribution in [3.05, 3.63) is 54.0 Å². The average molecular weight is 243 g/mol. The Kier molecular flexibility index (Phi) is 3.29. The number of anilines is 1. The maximum absolute atomic E-state index is 11.8. The lowest BCUT2D eigenvalue weighted by molar-refractivity contribution is 0.0690. The molecule has 6 nitrogen and oxygen atoms in total. The minimum Gasteiger partial charge on any atom is -0.477 e. The monoisotopic (exact) mass is 243 g/mol. The molecule has 0 fully saturated rings. The van der Waals surface area contributed by atoms with Crippen LogP contribution in [-0.2, 0) is 0 Å². The highest BCUT2D eigenvalue weighted by Crippen LogP contribution is 2.07. The van der Waals surface area contributed by atoms with Gasteiger partial charge < -0.3 is 10.4 Å². The van der Waals surface area contributed by atoms with E-state index >= 15 is 0 Å². The number of pyridine rings is 2. The van der Waals surface area contributed by atoms with E-state index in [0.717, 1.165) is 0 Å². The number of aromatic nitrogens is 2. The number of nitrogens with one attached hydrogen (secondary N) is 1. The molecule has 0 aliphatic heterocycles. The number of carboxylic acids is 1. The molecule has 2 heterocycles. The fraction of sp³-hybridized carbons (Fsp3) is 0. The van der Waals surface area contributed by atoms with Gasteiger partial charge in [-0.25, -0.2) is 9.78 Å². The zero-order chi connectivity index (χ0) is 13.0. The van der Waals surface area contributed by atoms with Crippen LogP contribution in [0, 0.1) is 0 Å². The molecular weight excluding hydrogens is 234 g/mol. The maximum atomic E-state index is 11.8. The Hall–Kier alpha value is -2.76. The Labute approximate surface area is 102 Å². The molecular formula is C12H9N3O3. The molecule has 2 rings (SSSR count). The van der Waals surface area contributed by atoms with Crippen LogP contribution in [0.3, 0.4) is 0 Å². The summed E-state index contributed by atoms with van der Waals surface area (Å²) < 4.78 is 0.